The predicted molar refractivity (Wildman–Crippen MR) is 50.1 cm³/mol. The maximum Gasteiger partial charge on any atom is 0.344 e. The van der Waals surface area contributed by atoms with Gasteiger partial charge in [-0.3, -0.25) is 0 Å². The maximum absolute atomic E-state index is 11.4. The number of esters is 1. The van der Waals surface area contributed by atoms with Crippen LogP contribution in [-0.4, -0.2) is 31.7 Å². The van der Waals surface area contributed by atoms with Gasteiger partial charge in [0.2, 0.25) is 11.8 Å². The molecule has 3 N–H and O–H groups in total. The number of nitrogens with zero attached hydrogens (tertiary/aromatic N) is 1. The van der Waals surface area contributed by atoms with Gasteiger partial charge in [0.15, 0.2) is 0 Å². The molecule has 6 heteroatoms. The molecule has 0 bridgehead atoms. The Morgan fingerprint density at radius 3 is 2.27 bits per heavy atom. The predicted octanol–water partition coefficient (Wildman–Crippen LogP) is 1.09. The molecule has 0 fully saturated rings. The molecule has 0 aromatic carbocycles. The van der Waals surface area contributed by atoms with Crippen molar-refractivity contribution in [1.82, 2.24) is 4.73 Å². The van der Waals surface area contributed by atoms with Gasteiger partial charge in [-0.1, -0.05) is 0 Å². The number of carbonyl (C=O) groups excluding carboxylic acids is 1. The van der Waals surface area contributed by atoms with Crippen molar-refractivity contribution in [3.8, 4) is 11.8 Å². The van der Waals surface area contributed by atoms with Crippen LogP contribution in [0.5, 0.6) is 11.8 Å². The van der Waals surface area contributed by atoms with Crippen molar-refractivity contribution in [3.63, 3.8) is 0 Å². The summed E-state index contributed by atoms with van der Waals surface area (Å²) in [7, 11) is 0. The van der Waals surface area contributed by atoms with E-state index < -0.39 is 23.3 Å². The highest BCUT2D eigenvalue weighted by Crippen LogP contribution is 2.27. The molecule has 15 heavy (non-hydrogen) atoms. The third-order valence-corrected chi connectivity index (χ3v) is 1.55. The molecule has 0 aliphatic rings. The van der Waals surface area contributed by atoms with E-state index in [4.69, 9.17) is 15.1 Å². The number of aromatic nitrogens is 1. The summed E-state index contributed by atoms with van der Waals surface area (Å²) in [5.41, 5.74) is -0.999. The fourth-order valence-electron chi connectivity index (χ4n) is 0.961. The molecule has 6 nitrogen and oxygen atoms in total. The summed E-state index contributed by atoms with van der Waals surface area (Å²) in [6.07, 6.45) is 0. The molecule has 0 spiro atoms. The van der Waals surface area contributed by atoms with Crippen LogP contribution in [0.25, 0.3) is 0 Å². The average Bonchev–Trinajstić information content (AvgIpc) is 2.30. The first-order valence-electron chi connectivity index (χ1n) is 4.28. The van der Waals surface area contributed by atoms with Crippen LogP contribution in [0.15, 0.2) is 6.07 Å². The molecule has 0 amide bonds. The van der Waals surface area contributed by atoms with E-state index in [0.717, 1.165) is 6.07 Å². The standard InChI is InChI=1S/C9H13NO5/c1-9(2,3)15-8(13)5-4-6(11)10(14)7(5)12/h4,11-12,14H,1-3H3. The summed E-state index contributed by atoms with van der Waals surface area (Å²) in [6.45, 7) is 4.99. The molecule has 1 aromatic rings. The summed E-state index contributed by atoms with van der Waals surface area (Å²) in [6, 6.07) is 0.920. The summed E-state index contributed by atoms with van der Waals surface area (Å²) in [5.74, 6) is -2.20. The van der Waals surface area contributed by atoms with E-state index in [-0.39, 0.29) is 10.3 Å². The van der Waals surface area contributed by atoms with E-state index in [1.54, 1.807) is 20.8 Å². The number of hydrogen-bond acceptors (Lipinski definition) is 5. The van der Waals surface area contributed by atoms with Gasteiger partial charge in [0, 0.05) is 6.07 Å². The number of hydrogen-bond donors (Lipinski definition) is 3. The van der Waals surface area contributed by atoms with Crippen molar-refractivity contribution < 1.29 is 25.0 Å². The molecule has 0 saturated heterocycles. The van der Waals surface area contributed by atoms with Gasteiger partial charge in [0.1, 0.15) is 11.2 Å². The van der Waals surface area contributed by atoms with E-state index in [0.29, 0.717) is 0 Å². The summed E-state index contributed by atoms with van der Waals surface area (Å²) in [5, 5.41) is 27.2. The zero-order valence-electron chi connectivity index (χ0n) is 8.68. The zero-order chi connectivity index (χ0) is 11.8. The number of aromatic hydroxyl groups is 2. The van der Waals surface area contributed by atoms with Gasteiger partial charge in [-0.05, 0) is 20.8 Å². The van der Waals surface area contributed by atoms with Crippen molar-refractivity contribution in [2.24, 2.45) is 0 Å². The topological polar surface area (TPSA) is 91.9 Å². The first-order chi connectivity index (χ1) is 6.72. The molecule has 0 aliphatic heterocycles. The van der Waals surface area contributed by atoms with Crippen LogP contribution in [0.4, 0.5) is 0 Å². The van der Waals surface area contributed by atoms with Crippen LogP contribution in [0.1, 0.15) is 31.1 Å². The van der Waals surface area contributed by atoms with E-state index in [1.165, 1.54) is 0 Å². The highest BCUT2D eigenvalue weighted by atomic mass is 16.6. The van der Waals surface area contributed by atoms with Gasteiger partial charge in [-0.2, -0.15) is 0 Å². The Balaban J connectivity index is 2.98. The van der Waals surface area contributed by atoms with Gasteiger partial charge < -0.3 is 20.2 Å². The molecule has 1 aromatic heterocycles. The van der Waals surface area contributed by atoms with Crippen molar-refractivity contribution >= 4 is 5.97 Å². The molecule has 1 rings (SSSR count). The summed E-state index contributed by atoms with van der Waals surface area (Å²) >= 11 is 0. The fourth-order valence-corrected chi connectivity index (χ4v) is 0.961. The van der Waals surface area contributed by atoms with Crippen molar-refractivity contribution in [3.05, 3.63) is 11.6 Å². The monoisotopic (exact) mass is 215 g/mol. The lowest BCUT2D eigenvalue weighted by atomic mass is 10.2. The first kappa shape index (κ1) is 11.2. The summed E-state index contributed by atoms with van der Waals surface area (Å²) < 4.78 is 5.03. The Labute approximate surface area is 86.3 Å². The van der Waals surface area contributed by atoms with Crippen LogP contribution in [0.2, 0.25) is 0 Å². The van der Waals surface area contributed by atoms with E-state index in [2.05, 4.69) is 0 Å². The third kappa shape index (κ3) is 2.34. The molecule has 0 unspecified atom stereocenters. The Bertz CT molecular complexity index is 388. The second kappa shape index (κ2) is 3.38. The minimum Gasteiger partial charge on any atom is -0.492 e. The molecule has 0 atom stereocenters. The maximum atomic E-state index is 11.4. The molecule has 0 saturated carbocycles. The zero-order valence-corrected chi connectivity index (χ0v) is 8.68. The van der Waals surface area contributed by atoms with Gasteiger partial charge in [0.05, 0.1) is 0 Å². The Morgan fingerprint density at radius 1 is 1.40 bits per heavy atom. The molecular formula is C9H13NO5. The largest absolute Gasteiger partial charge is 0.492 e. The second-order valence-corrected chi connectivity index (χ2v) is 4.05. The van der Waals surface area contributed by atoms with Crippen molar-refractivity contribution in [1.29, 1.82) is 0 Å². The quantitative estimate of drug-likeness (QED) is 0.481. The third-order valence-electron chi connectivity index (χ3n) is 1.55. The lowest BCUT2D eigenvalue weighted by molar-refractivity contribution is 0.00636. The average molecular weight is 215 g/mol. The van der Waals surface area contributed by atoms with Gasteiger partial charge in [0.25, 0.3) is 0 Å². The Morgan fingerprint density at radius 2 is 1.93 bits per heavy atom. The highest BCUT2D eigenvalue weighted by Gasteiger charge is 2.24. The minimum atomic E-state index is -0.817. The van der Waals surface area contributed by atoms with Gasteiger partial charge in [-0.25, -0.2) is 4.79 Å². The van der Waals surface area contributed by atoms with Crippen molar-refractivity contribution in [2.45, 2.75) is 26.4 Å². The van der Waals surface area contributed by atoms with Crippen LogP contribution in [0.3, 0.4) is 0 Å². The SMILES string of the molecule is CC(C)(C)OC(=O)c1cc(O)n(O)c1O. The Kier molecular flexibility index (Phi) is 2.53. The van der Waals surface area contributed by atoms with Gasteiger partial charge >= 0.3 is 5.97 Å². The highest BCUT2D eigenvalue weighted by molar-refractivity contribution is 5.92. The van der Waals surface area contributed by atoms with Gasteiger partial charge in [-0.15, -0.1) is 4.73 Å². The number of carbonyl (C=O) groups is 1. The molecule has 0 radical (unpaired) electrons. The normalized spacial score (nSPS) is 11.4. The van der Waals surface area contributed by atoms with E-state index in [9.17, 15) is 9.90 Å². The second-order valence-electron chi connectivity index (χ2n) is 4.05. The lowest BCUT2D eigenvalue weighted by Gasteiger charge is -2.18. The molecule has 84 valence electrons. The van der Waals surface area contributed by atoms with Crippen LogP contribution in [0, 0.1) is 0 Å². The van der Waals surface area contributed by atoms with E-state index in [1.807, 2.05) is 0 Å². The van der Waals surface area contributed by atoms with Crippen LogP contribution >= 0.6 is 0 Å². The summed E-state index contributed by atoms with van der Waals surface area (Å²) in [4.78, 5) is 11.4. The number of ether oxygens (including phenoxy) is 1. The fraction of sp³-hybridized carbons (Fsp3) is 0.444. The lowest BCUT2D eigenvalue weighted by Crippen LogP contribution is -2.23. The van der Waals surface area contributed by atoms with Crippen LogP contribution in [-0.2, 0) is 4.74 Å². The van der Waals surface area contributed by atoms with Crippen molar-refractivity contribution in [2.75, 3.05) is 0 Å². The van der Waals surface area contributed by atoms with E-state index >= 15 is 0 Å². The van der Waals surface area contributed by atoms with Crippen LogP contribution < -0.4 is 0 Å². The first-order valence-corrected chi connectivity index (χ1v) is 4.28. The molecular weight excluding hydrogens is 202 g/mol. The minimum absolute atomic E-state index is 0.0965. The smallest absolute Gasteiger partial charge is 0.344 e. The Hall–Kier alpha value is -1.85. The molecule has 1 heterocycles. The number of rotatable bonds is 1. The molecule has 0 aliphatic carbocycles.